The van der Waals surface area contributed by atoms with Crippen LogP contribution in [0.15, 0.2) is 0 Å². The largest absolute Gasteiger partial charge is 0.406 e. The Morgan fingerprint density at radius 3 is 2.11 bits per heavy atom. The van der Waals surface area contributed by atoms with Gasteiger partial charge in [0.1, 0.15) is 6.54 Å². The molecule has 18 heavy (non-hydrogen) atoms. The molecule has 3 nitrogen and oxygen atoms in total. The molecule has 0 aliphatic rings. The summed E-state index contributed by atoms with van der Waals surface area (Å²) in [6.07, 6.45) is -3.12. The van der Waals surface area contributed by atoms with Crippen LogP contribution in [0.2, 0.25) is 0 Å². The Hall–Kier alpha value is -0.780. The Kier molecular flexibility index (Phi) is 6.13. The van der Waals surface area contributed by atoms with Gasteiger partial charge in [-0.05, 0) is 11.8 Å². The Balaban J connectivity index is 4.79. The number of hydrogen-bond acceptors (Lipinski definition) is 2. The van der Waals surface area contributed by atoms with Gasteiger partial charge in [-0.3, -0.25) is 4.79 Å². The molecule has 2 N–H and O–H groups in total. The maximum absolute atomic E-state index is 12.4. The number of rotatable bonds is 5. The van der Waals surface area contributed by atoms with E-state index in [-0.39, 0.29) is 6.54 Å². The Morgan fingerprint density at radius 2 is 1.78 bits per heavy atom. The van der Waals surface area contributed by atoms with E-state index in [1.165, 1.54) is 0 Å². The highest BCUT2D eigenvalue weighted by Crippen LogP contribution is 2.22. The molecule has 0 radical (unpaired) electrons. The number of amides is 1. The molecule has 1 amide bonds. The van der Waals surface area contributed by atoms with E-state index in [1.54, 1.807) is 20.8 Å². The van der Waals surface area contributed by atoms with Crippen LogP contribution in [0.25, 0.3) is 0 Å². The number of nitrogens with two attached hydrogens (primary N) is 1. The molecule has 0 fully saturated rings. The van der Waals surface area contributed by atoms with Crippen LogP contribution in [0, 0.1) is 5.41 Å². The molecule has 0 rings (SSSR count). The zero-order valence-electron chi connectivity index (χ0n) is 11.5. The summed E-state index contributed by atoms with van der Waals surface area (Å²) in [5, 5.41) is 0. The van der Waals surface area contributed by atoms with E-state index < -0.39 is 30.1 Å². The summed E-state index contributed by atoms with van der Waals surface area (Å²) >= 11 is 0. The summed E-state index contributed by atoms with van der Waals surface area (Å²) in [7, 11) is 0. The van der Waals surface area contributed by atoms with Crippen molar-refractivity contribution in [2.75, 3.05) is 13.1 Å². The molecule has 6 heteroatoms. The molecular formula is C12H23F3N2O. The highest BCUT2D eigenvalue weighted by Gasteiger charge is 2.37. The predicted molar refractivity (Wildman–Crippen MR) is 65.0 cm³/mol. The maximum atomic E-state index is 12.4. The van der Waals surface area contributed by atoms with Gasteiger partial charge in [0.05, 0.1) is 6.04 Å². The van der Waals surface area contributed by atoms with Crippen molar-refractivity contribution in [1.82, 2.24) is 4.90 Å². The quantitative estimate of drug-likeness (QED) is 0.833. The highest BCUT2D eigenvalue weighted by atomic mass is 19.4. The van der Waals surface area contributed by atoms with Crippen molar-refractivity contribution in [2.24, 2.45) is 11.1 Å². The molecule has 0 aromatic carbocycles. The second-order valence-electron chi connectivity index (χ2n) is 5.57. The minimum Gasteiger partial charge on any atom is -0.332 e. The molecule has 0 saturated heterocycles. The van der Waals surface area contributed by atoms with Crippen LogP contribution >= 0.6 is 0 Å². The molecule has 0 saturated carbocycles. The predicted octanol–water partition coefficient (Wildman–Crippen LogP) is 2.55. The first-order chi connectivity index (χ1) is 7.99. The summed E-state index contributed by atoms with van der Waals surface area (Å²) in [6, 6.07) is -0.920. The van der Waals surface area contributed by atoms with Crippen LogP contribution in [0.5, 0.6) is 0 Å². The van der Waals surface area contributed by atoms with Gasteiger partial charge in [0.15, 0.2) is 0 Å². The highest BCUT2D eigenvalue weighted by molar-refractivity contribution is 5.82. The van der Waals surface area contributed by atoms with Gasteiger partial charge < -0.3 is 10.6 Å². The second-order valence-corrected chi connectivity index (χ2v) is 5.57. The SMILES string of the molecule is CCCCN(CC(F)(F)F)C(=O)[C@@H](N)C(C)(C)C. The first kappa shape index (κ1) is 17.2. The van der Waals surface area contributed by atoms with Crippen molar-refractivity contribution in [1.29, 1.82) is 0 Å². The van der Waals surface area contributed by atoms with Gasteiger partial charge in [-0.25, -0.2) is 0 Å². The summed E-state index contributed by atoms with van der Waals surface area (Å²) in [6.45, 7) is 5.94. The van der Waals surface area contributed by atoms with Crippen molar-refractivity contribution in [2.45, 2.75) is 52.8 Å². The number of alkyl halides is 3. The van der Waals surface area contributed by atoms with E-state index in [9.17, 15) is 18.0 Å². The molecule has 0 aromatic rings. The molecule has 0 unspecified atom stereocenters. The van der Waals surface area contributed by atoms with Gasteiger partial charge in [-0.1, -0.05) is 34.1 Å². The van der Waals surface area contributed by atoms with Crippen molar-refractivity contribution >= 4 is 5.91 Å². The molecule has 0 aromatic heterocycles. The van der Waals surface area contributed by atoms with Crippen LogP contribution in [-0.2, 0) is 4.79 Å². The normalized spacial score (nSPS) is 14.4. The second kappa shape index (κ2) is 6.41. The third-order valence-corrected chi connectivity index (χ3v) is 2.66. The van der Waals surface area contributed by atoms with Crippen molar-refractivity contribution in [3.8, 4) is 0 Å². The Bertz CT molecular complexity index is 271. The smallest absolute Gasteiger partial charge is 0.332 e. The van der Waals surface area contributed by atoms with Gasteiger partial charge in [0.25, 0.3) is 0 Å². The van der Waals surface area contributed by atoms with Crippen LogP contribution in [0.1, 0.15) is 40.5 Å². The fourth-order valence-corrected chi connectivity index (χ4v) is 1.40. The van der Waals surface area contributed by atoms with E-state index >= 15 is 0 Å². The maximum Gasteiger partial charge on any atom is 0.406 e. The minimum absolute atomic E-state index is 0.0959. The number of unbranched alkanes of at least 4 members (excludes halogenated alkanes) is 1. The number of carbonyl (C=O) groups is 1. The van der Waals surface area contributed by atoms with Crippen LogP contribution in [0.3, 0.4) is 0 Å². The molecule has 108 valence electrons. The third-order valence-electron chi connectivity index (χ3n) is 2.66. The number of carbonyl (C=O) groups excluding carboxylic acids is 1. The molecule has 0 aliphatic heterocycles. The van der Waals surface area contributed by atoms with Crippen molar-refractivity contribution in [3.63, 3.8) is 0 Å². The molecule has 0 heterocycles. The first-order valence-corrected chi connectivity index (χ1v) is 6.10. The van der Waals surface area contributed by atoms with E-state index in [4.69, 9.17) is 5.73 Å². The van der Waals surface area contributed by atoms with E-state index in [0.717, 1.165) is 11.3 Å². The molecular weight excluding hydrogens is 245 g/mol. The lowest BCUT2D eigenvalue weighted by Gasteiger charge is -2.32. The number of halogens is 3. The molecule has 0 spiro atoms. The van der Waals surface area contributed by atoms with Crippen molar-refractivity contribution in [3.05, 3.63) is 0 Å². The third kappa shape index (κ3) is 6.23. The number of hydrogen-bond donors (Lipinski definition) is 1. The standard InChI is InChI=1S/C12H23F3N2O/c1-5-6-7-17(8-12(13,14)15)10(18)9(16)11(2,3)4/h9H,5-8,16H2,1-4H3/t9-/m1/s1. The van der Waals surface area contributed by atoms with Crippen LogP contribution < -0.4 is 5.73 Å². The molecule has 1 atom stereocenters. The lowest BCUT2D eigenvalue weighted by molar-refractivity contribution is -0.163. The minimum atomic E-state index is -4.39. The van der Waals surface area contributed by atoms with Gasteiger partial charge in [0.2, 0.25) is 5.91 Å². The fourth-order valence-electron chi connectivity index (χ4n) is 1.40. The number of nitrogens with zero attached hydrogens (tertiary/aromatic N) is 1. The summed E-state index contributed by atoms with van der Waals surface area (Å²) in [5.41, 5.74) is 5.18. The Morgan fingerprint density at radius 1 is 1.28 bits per heavy atom. The van der Waals surface area contributed by atoms with Crippen LogP contribution in [-0.4, -0.2) is 36.1 Å². The summed E-state index contributed by atoms with van der Waals surface area (Å²) < 4.78 is 37.3. The van der Waals surface area contributed by atoms with E-state index in [2.05, 4.69) is 0 Å². The lowest BCUT2D eigenvalue weighted by atomic mass is 9.86. The van der Waals surface area contributed by atoms with E-state index in [1.807, 2.05) is 6.92 Å². The van der Waals surface area contributed by atoms with Gasteiger partial charge >= 0.3 is 6.18 Å². The zero-order chi connectivity index (χ0) is 14.6. The summed E-state index contributed by atoms with van der Waals surface area (Å²) in [4.78, 5) is 12.8. The van der Waals surface area contributed by atoms with Crippen LogP contribution in [0.4, 0.5) is 13.2 Å². The molecule has 0 aliphatic carbocycles. The summed E-state index contributed by atoms with van der Waals surface area (Å²) in [5.74, 6) is -0.631. The monoisotopic (exact) mass is 268 g/mol. The average Bonchev–Trinajstić information content (AvgIpc) is 2.19. The average molecular weight is 268 g/mol. The first-order valence-electron chi connectivity index (χ1n) is 6.10. The van der Waals surface area contributed by atoms with Gasteiger partial charge in [0, 0.05) is 6.54 Å². The van der Waals surface area contributed by atoms with E-state index in [0.29, 0.717) is 6.42 Å². The fraction of sp³-hybridized carbons (Fsp3) is 0.917. The topological polar surface area (TPSA) is 46.3 Å². The zero-order valence-corrected chi connectivity index (χ0v) is 11.5. The van der Waals surface area contributed by atoms with Gasteiger partial charge in [-0.15, -0.1) is 0 Å². The van der Waals surface area contributed by atoms with Crippen molar-refractivity contribution < 1.29 is 18.0 Å². The van der Waals surface area contributed by atoms with Gasteiger partial charge in [-0.2, -0.15) is 13.2 Å². The Labute approximate surface area is 107 Å². The lowest BCUT2D eigenvalue weighted by Crippen LogP contribution is -2.52. The molecule has 0 bridgehead atoms.